The van der Waals surface area contributed by atoms with Crippen LogP contribution in [0.15, 0.2) is 12.4 Å². The molecule has 1 aromatic heterocycles. The van der Waals surface area contributed by atoms with Gasteiger partial charge in [-0.05, 0) is 27.7 Å². The Balaban J connectivity index is 2.31. The van der Waals surface area contributed by atoms with Crippen molar-refractivity contribution in [2.24, 2.45) is 7.05 Å². The summed E-state index contributed by atoms with van der Waals surface area (Å²) < 4.78 is 7.33. The zero-order valence-electron chi connectivity index (χ0n) is 11.0. The highest BCUT2D eigenvalue weighted by Crippen LogP contribution is 2.35. The fourth-order valence-electron chi connectivity index (χ4n) is 2.37. The number of carbonyl (C=O) groups is 1. The molecule has 1 aromatic rings. The van der Waals surface area contributed by atoms with Gasteiger partial charge in [-0.15, -0.1) is 0 Å². The lowest BCUT2D eigenvalue weighted by molar-refractivity contribution is 0.117. The number of carbonyl (C=O) groups excluding carboxylic acids is 1. The van der Waals surface area contributed by atoms with Gasteiger partial charge in [-0.2, -0.15) is 0 Å². The predicted octanol–water partition coefficient (Wildman–Crippen LogP) is 2.10. The molecule has 0 bridgehead atoms. The summed E-state index contributed by atoms with van der Waals surface area (Å²) in [5, 5.41) is 0. The molecule has 1 saturated heterocycles. The minimum Gasteiger partial charge on any atom is -0.436 e. The SMILES string of the molecule is C[C@H]1[C@@H](c2nccn2C)OC(=O)N1C(C)(C)C. The molecule has 5 nitrogen and oxygen atoms in total. The van der Waals surface area contributed by atoms with E-state index in [0.717, 1.165) is 5.82 Å². The molecule has 0 N–H and O–H groups in total. The fraction of sp³-hybridized carbons (Fsp3) is 0.667. The monoisotopic (exact) mass is 237 g/mol. The lowest BCUT2D eigenvalue weighted by Crippen LogP contribution is -2.46. The number of hydrogen-bond acceptors (Lipinski definition) is 3. The molecule has 2 atom stereocenters. The van der Waals surface area contributed by atoms with Crippen LogP contribution >= 0.6 is 0 Å². The Morgan fingerprint density at radius 1 is 1.41 bits per heavy atom. The minimum absolute atomic E-state index is 0.0106. The smallest absolute Gasteiger partial charge is 0.411 e. The number of cyclic esters (lactones) is 1. The molecular formula is C12H19N3O2. The Morgan fingerprint density at radius 3 is 2.47 bits per heavy atom. The van der Waals surface area contributed by atoms with Crippen molar-refractivity contribution in [1.82, 2.24) is 14.5 Å². The van der Waals surface area contributed by atoms with E-state index in [1.165, 1.54) is 0 Å². The molecule has 0 aromatic carbocycles. The Bertz CT molecular complexity index is 433. The van der Waals surface area contributed by atoms with Crippen LogP contribution < -0.4 is 0 Å². The lowest BCUT2D eigenvalue weighted by Gasteiger charge is -2.33. The summed E-state index contributed by atoms with van der Waals surface area (Å²) in [6.07, 6.45) is 3.02. The number of nitrogens with zero attached hydrogens (tertiary/aromatic N) is 3. The highest BCUT2D eigenvalue weighted by atomic mass is 16.6. The number of aryl methyl sites for hydroxylation is 1. The van der Waals surface area contributed by atoms with Crippen LogP contribution in [0.2, 0.25) is 0 Å². The second kappa shape index (κ2) is 3.75. The predicted molar refractivity (Wildman–Crippen MR) is 63.5 cm³/mol. The van der Waals surface area contributed by atoms with Crippen molar-refractivity contribution in [3.63, 3.8) is 0 Å². The van der Waals surface area contributed by atoms with Crippen molar-refractivity contribution in [2.75, 3.05) is 0 Å². The number of imidazole rings is 1. The van der Waals surface area contributed by atoms with Crippen molar-refractivity contribution in [2.45, 2.75) is 45.4 Å². The number of hydrogen-bond donors (Lipinski definition) is 0. The summed E-state index contributed by atoms with van der Waals surface area (Å²) in [7, 11) is 1.91. The van der Waals surface area contributed by atoms with Crippen molar-refractivity contribution in [3.05, 3.63) is 18.2 Å². The molecule has 0 radical (unpaired) electrons. The van der Waals surface area contributed by atoms with E-state index in [9.17, 15) is 4.79 Å². The molecule has 0 aliphatic carbocycles. The van der Waals surface area contributed by atoms with E-state index >= 15 is 0 Å². The van der Waals surface area contributed by atoms with Gasteiger partial charge in [0, 0.05) is 25.0 Å². The molecule has 0 unspecified atom stereocenters. The van der Waals surface area contributed by atoms with Crippen LogP contribution in [0.3, 0.4) is 0 Å². The number of amides is 1. The van der Waals surface area contributed by atoms with Crippen molar-refractivity contribution < 1.29 is 9.53 Å². The first-order valence-electron chi connectivity index (χ1n) is 5.79. The van der Waals surface area contributed by atoms with Crippen LogP contribution in [0, 0.1) is 0 Å². The Hall–Kier alpha value is -1.52. The van der Waals surface area contributed by atoms with Crippen LogP contribution in [-0.4, -0.2) is 32.1 Å². The first-order valence-corrected chi connectivity index (χ1v) is 5.79. The summed E-state index contributed by atoms with van der Waals surface area (Å²) in [5.41, 5.74) is -0.240. The van der Waals surface area contributed by atoms with E-state index in [-0.39, 0.29) is 23.8 Å². The quantitative estimate of drug-likeness (QED) is 0.751. The molecule has 5 heteroatoms. The zero-order valence-corrected chi connectivity index (χ0v) is 11.0. The van der Waals surface area contributed by atoms with Gasteiger partial charge in [0.15, 0.2) is 11.9 Å². The molecule has 0 saturated carbocycles. The highest BCUT2D eigenvalue weighted by Gasteiger charge is 2.46. The maximum absolute atomic E-state index is 11.9. The number of ether oxygens (including phenoxy) is 1. The minimum atomic E-state index is -0.290. The van der Waals surface area contributed by atoms with Gasteiger partial charge in [-0.3, -0.25) is 4.90 Å². The van der Waals surface area contributed by atoms with Gasteiger partial charge in [0.2, 0.25) is 0 Å². The largest absolute Gasteiger partial charge is 0.436 e. The Morgan fingerprint density at radius 2 is 2.06 bits per heavy atom. The van der Waals surface area contributed by atoms with E-state index in [1.54, 1.807) is 11.1 Å². The first-order chi connectivity index (χ1) is 7.82. The van der Waals surface area contributed by atoms with Gasteiger partial charge in [0.25, 0.3) is 0 Å². The molecule has 2 rings (SSSR count). The molecule has 94 valence electrons. The van der Waals surface area contributed by atoms with Crippen molar-refractivity contribution >= 4 is 6.09 Å². The molecule has 1 aliphatic rings. The van der Waals surface area contributed by atoms with E-state index in [2.05, 4.69) is 4.98 Å². The first kappa shape index (κ1) is 12.0. The number of rotatable bonds is 1. The topological polar surface area (TPSA) is 47.4 Å². The van der Waals surface area contributed by atoms with Gasteiger partial charge in [0.05, 0.1) is 6.04 Å². The average Bonchev–Trinajstić information content (AvgIpc) is 2.69. The molecule has 1 aliphatic heterocycles. The summed E-state index contributed by atoms with van der Waals surface area (Å²) in [6, 6.07) is -0.0106. The third-order valence-corrected chi connectivity index (χ3v) is 3.11. The summed E-state index contributed by atoms with van der Waals surface area (Å²) in [5.74, 6) is 0.789. The fourth-order valence-corrected chi connectivity index (χ4v) is 2.37. The van der Waals surface area contributed by atoms with E-state index in [1.807, 2.05) is 45.5 Å². The van der Waals surface area contributed by atoms with Crippen LogP contribution in [0.4, 0.5) is 4.79 Å². The molecule has 17 heavy (non-hydrogen) atoms. The maximum atomic E-state index is 11.9. The standard InChI is InChI=1S/C12H19N3O2/c1-8-9(10-13-6-7-14(10)5)17-11(16)15(8)12(2,3)4/h6-9H,1-5H3/t8-,9-/m0/s1. The second-order valence-electron chi connectivity index (χ2n) is 5.48. The third-order valence-electron chi connectivity index (χ3n) is 3.11. The van der Waals surface area contributed by atoms with Gasteiger partial charge in [-0.1, -0.05) is 0 Å². The van der Waals surface area contributed by atoms with E-state index < -0.39 is 0 Å². The summed E-state index contributed by atoms with van der Waals surface area (Å²) in [6.45, 7) is 8.01. The summed E-state index contributed by atoms with van der Waals surface area (Å²) in [4.78, 5) is 17.9. The Kier molecular flexibility index (Phi) is 2.64. The van der Waals surface area contributed by atoms with Crippen molar-refractivity contribution in [3.8, 4) is 0 Å². The van der Waals surface area contributed by atoms with E-state index in [4.69, 9.17) is 4.74 Å². The normalized spacial score (nSPS) is 25.2. The average molecular weight is 237 g/mol. The highest BCUT2D eigenvalue weighted by molar-refractivity contribution is 5.71. The molecule has 0 spiro atoms. The molecule has 2 heterocycles. The van der Waals surface area contributed by atoms with Gasteiger partial charge < -0.3 is 9.30 Å². The van der Waals surface area contributed by atoms with Crippen LogP contribution in [0.25, 0.3) is 0 Å². The van der Waals surface area contributed by atoms with Crippen LogP contribution in [-0.2, 0) is 11.8 Å². The van der Waals surface area contributed by atoms with Crippen LogP contribution in [0.1, 0.15) is 39.6 Å². The van der Waals surface area contributed by atoms with Gasteiger partial charge in [-0.25, -0.2) is 9.78 Å². The van der Waals surface area contributed by atoms with Crippen LogP contribution in [0.5, 0.6) is 0 Å². The third kappa shape index (κ3) is 1.90. The molecule has 1 amide bonds. The second-order valence-corrected chi connectivity index (χ2v) is 5.48. The lowest BCUT2D eigenvalue weighted by atomic mass is 10.0. The molecule has 1 fully saturated rings. The number of aromatic nitrogens is 2. The van der Waals surface area contributed by atoms with Crippen molar-refractivity contribution in [1.29, 1.82) is 0 Å². The van der Waals surface area contributed by atoms with E-state index in [0.29, 0.717) is 0 Å². The molecular weight excluding hydrogens is 218 g/mol. The Labute approximate surface area is 101 Å². The maximum Gasteiger partial charge on any atom is 0.411 e. The zero-order chi connectivity index (χ0) is 12.8. The van der Waals surface area contributed by atoms with Gasteiger partial charge >= 0.3 is 6.09 Å². The summed E-state index contributed by atoms with van der Waals surface area (Å²) >= 11 is 0. The van der Waals surface area contributed by atoms with Gasteiger partial charge in [0.1, 0.15) is 0 Å².